The summed E-state index contributed by atoms with van der Waals surface area (Å²) in [7, 11) is 3.20. The van der Waals surface area contributed by atoms with E-state index in [1.54, 1.807) is 7.05 Å². The van der Waals surface area contributed by atoms with Crippen molar-refractivity contribution in [3.8, 4) is 0 Å². The van der Waals surface area contributed by atoms with Gasteiger partial charge in [0.2, 0.25) is 11.9 Å². The lowest BCUT2D eigenvalue weighted by Crippen LogP contribution is -2.56. The summed E-state index contributed by atoms with van der Waals surface area (Å²) in [6.07, 6.45) is 0.458. The van der Waals surface area contributed by atoms with Gasteiger partial charge in [-0.1, -0.05) is 4.99 Å². The molecule has 0 saturated carbocycles. The van der Waals surface area contributed by atoms with Gasteiger partial charge < -0.3 is 4.74 Å². The number of imide groups is 1. The first-order chi connectivity index (χ1) is 13.2. The monoisotopic (exact) mass is 389 g/mol. The number of rotatable bonds is 3. The number of aliphatic imine (C=N–C) groups is 1. The van der Waals surface area contributed by atoms with Crippen molar-refractivity contribution in [2.75, 3.05) is 33.7 Å². The maximum atomic E-state index is 12.8. The van der Waals surface area contributed by atoms with Crippen LogP contribution in [0.15, 0.2) is 4.99 Å². The third kappa shape index (κ3) is 2.76. The minimum absolute atomic E-state index is 0.229. The van der Waals surface area contributed by atoms with Crippen LogP contribution in [0.3, 0.4) is 0 Å². The number of fused-ring (bicyclic) bond motifs is 3. The average molecular weight is 389 g/mol. The topological polar surface area (TPSA) is 74.3 Å². The van der Waals surface area contributed by atoms with Gasteiger partial charge in [0.05, 0.1) is 18.8 Å². The summed E-state index contributed by atoms with van der Waals surface area (Å²) in [6, 6.07) is -0.908. The molecule has 9 nitrogen and oxygen atoms in total. The van der Waals surface area contributed by atoms with Gasteiger partial charge in [-0.2, -0.15) is 0 Å². The van der Waals surface area contributed by atoms with E-state index >= 15 is 0 Å². The van der Waals surface area contributed by atoms with E-state index in [2.05, 4.69) is 30.2 Å². The molecule has 0 bridgehead atoms. The summed E-state index contributed by atoms with van der Waals surface area (Å²) >= 11 is 0. The Balaban J connectivity index is 1.64. The van der Waals surface area contributed by atoms with Crippen molar-refractivity contribution < 1.29 is 18.9 Å². The number of nitrogens with zero attached hydrogens (tertiary/aromatic N) is 6. The first-order valence-electron chi connectivity index (χ1n) is 9.83. The van der Waals surface area contributed by atoms with Crippen LogP contribution in [0.5, 0.6) is 0 Å². The number of amidine groups is 1. The second kappa shape index (κ2) is 6.66. The number of imidazole rings is 1. The number of urea groups is 1. The van der Waals surface area contributed by atoms with Crippen molar-refractivity contribution >= 4 is 23.7 Å². The number of amides is 3. The Morgan fingerprint density at radius 2 is 1.75 bits per heavy atom. The SMILES string of the molecule is Cc1c(C)[n+](CCN2CC(C)OC(C)C2)c2n1C1C(=O)N(C)C(=O)N(C)C1=N2. The fourth-order valence-corrected chi connectivity index (χ4v) is 4.56. The fourth-order valence-electron chi connectivity index (χ4n) is 4.56. The molecule has 0 aliphatic carbocycles. The second-order valence-corrected chi connectivity index (χ2v) is 8.12. The molecule has 2 saturated heterocycles. The van der Waals surface area contributed by atoms with Crippen LogP contribution in [-0.4, -0.2) is 83.0 Å². The second-order valence-electron chi connectivity index (χ2n) is 8.12. The van der Waals surface area contributed by atoms with Gasteiger partial charge in [-0.05, 0) is 27.7 Å². The Bertz CT molecular complexity index is 866. The van der Waals surface area contributed by atoms with Gasteiger partial charge in [-0.3, -0.25) is 19.5 Å². The largest absolute Gasteiger partial charge is 0.402 e. The summed E-state index contributed by atoms with van der Waals surface area (Å²) < 4.78 is 9.96. The molecule has 0 spiro atoms. The third-order valence-electron chi connectivity index (χ3n) is 6.08. The molecule has 3 aliphatic heterocycles. The lowest BCUT2D eigenvalue weighted by Gasteiger charge is -2.35. The Morgan fingerprint density at radius 3 is 2.39 bits per heavy atom. The number of ether oxygens (including phenoxy) is 1. The normalized spacial score (nSPS) is 27.9. The van der Waals surface area contributed by atoms with Crippen molar-refractivity contribution in [3.05, 3.63) is 11.4 Å². The summed E-state index contributed by atoms with van der Waals surface area (Å²) in [5, 5.41) is 0. The molecule has 152 valence electrons. The summed E-state index contributed by atoms with van der Waals surface area (Å²) in [5.41, 5.74) is 2.11. The highest BCUT2D eigenvalue weighted by atomic mass is 16.5. The quantitative estimate of drug-likeness (QED) is 0.710. The van der Waals surface area contributed by atoms with E-state index in [-0.39, 0.29) is 24.1 Å². The van der Waals surface area contributed by atoms with E-state index in [1.165, 1.54) is 16.8 Å². The van der Waals surface area contributed by atoms with Gasteiger partial charge in [0.25, 0.3) is 5.91 Å². The van der Waals surface area contributed by atoms with Crippen LogP contribution in [0.4, 0.5) is 10.7 Å². The molecule has 3 aliphatic rings. The van der Waals surface area contributed by atoms with E-state index in [1.807, 2.05) is 11.5 Å². The van der Waals surface area contributed by atoms with Crippen molar-refractivity contribution in [1.29, 1.82) is 0 Å². The minimum atomic E-state index is -0.564. The van der Waals surface area contributed by atoms with Gasteiger partial charge in [0.1, 0.15) is 11.4 Å². The van der Waals surface area contributed by atoms with Gasteiger partial charge >= 0.3 is 12.0 Å². The number of carbonyl (C=O) groups is 2. The van der Waals surface area contributed by atoms with Crippen molar-refractivity contribution in [3.63, 3.8) is 0 Å². The average Bonchev–Trinajstić information content (AvgIpc) is 3.13. The maximum absolute atomic E-state index is 12.8. The predicted molar refractivity (Wildman–Crippen MR) is 103 cm³/mol. The Hall–Kier alpha value is -2.26. The standard InChI is InChI=1S/C19H29N6O3/c1-11-9-23(10-12(2)28-11)7-8-24-13(3)14(4)25-15-16(20-18(24)25)21(5)19(27)22(6)17(15)26/h11-12,15H,7-10H2,1-6H3/q+1. The molecule has 3 atom stereocenters. The van der Waals surface area contributed by atoms with E-state index in [0.717, 1.165) is 43.5 Å². The molecule has 28 heavy (non-hydrogen) atoms. The number of hydrogen-bond acceptors (Lipinski definition) is 5. The highest BCUT2D eigenvalue weighted by molar-refractivity contribution is 6.20. The van der Waals surface area contributed by atoms with Crippen molar-refractivity contribution in [1.82, 2.24) is 19.3 Å². The number of likely N-dealkylation sites (N-methyl/N-ethyl adjacent to an activating group) is 2. The Kier molecular flexibility index (Phi) is 4.54. The number of morpholine rings is 1. The summed E-state index contributed by atoms with van der Waals surface area (Å²) in [4.78, 5) is 34.9. The summed E-state index contributed by atoms with van der Waals surface area (Å²) in [6.45, 7) is 11.8. The van der Waals surface area contributed by atoms with E-state index in [9.17, 15) is 9.59 Å². The van der Waals surface area contributed by atoms with Crippen LogP contribution in [-0.2, 0) is 16.1 Å². The Labute approximate surface area is 165 Å². The van der Waals surface area contributed by atoms with Crippen LogP contribution in [0.1, 0.15) is 31.3 Å². The van der Waals surface area contributed by atoms with Gasteiger partial charge in [0, 0.05) is 33.7 Å². The predicted octanol–water partition coefficient (Wildman–Crippen LogP) is 0.610. The number of aromatic nitrogens is 2. The minimum Gasteiger partial charge on any atom is -0.373 e. The molecule has 3 amide bonds. The van der Waals surface area contributed by atoms with E-state index in [4.69, 9.17) is 9.73 Å². The molecule has 0 radical (unpaired) electrons. The van der Waals surface area contributed by atoms with Gasteiger partial charge in [-0.15, -0.1) is 0 Å². The molecule has 0 N–H and O–H groups in total. The highest BCUT2D eigenvalue weighted by Gasteiger charge is 2.53. The smallest absolute Gasteiger partial charge is 0.373 e. The molecule has 1 aromatic rings. The molecular weight excluding hydrogens is 360 g/mol. The summed E-state index contributed by atoms with van der Waals surface area (Å²) in [5.74, 6) is 1.02. The van der Waals surface area contributed by atoms with Gasteiger partial charge in [-0.25, -0.2) is 13.9 Å². The zero-order valence-electron chi connectivity index (χ0n) is 17.5. The molecule has 4 rings (SSSR count). The molecule has 0 aromatic carbocycles. The molecule has 3 unspecified atom stereocenters. The van der Waals surface area contributed by atoms with Crippen LogP contribution >= 0.6 is 0 Å². The highest BCUT2D eigenvalue weighted by Crippen LogP contribution is 2.34. The third-order valence-corrected chi connectivity index (χ3v) is 6.08. The van der Waals surface area contributed by atoms with Gasteiger partial charge in [0.15, 0.2) is 0 Å². The zero-order chi connectivity index (χ0) is 20.3. The maximum Gasteiger partial charge on any atom is 0.402 e. The van der Waals surface area contributed by atoms with Crippen LogP contribution < -0.4 is 4.57 Å². The molecule has 9 heteroatoms. The van der Waals surface area contributed by atoms with Crippen molar-refractivity contribution in [2.45, 2.75) is 52.5 Å². The van der Waals surface area contributed by atoms with E-state index in [0.29, 0.717) is 5.84 Å². The van der Waals surface area contributed by atoms with Crippen LogP contribution in [0, 0.1) is 13.8 Å². The Morgan fingerprint density at radius 1 is 1.11 bits per heavy atom. The molecular formula is C19H29N6O3+. The van der Waals surface area contributed by atoms with Crippen molar-refractivity contribution in [2.24, 2.45) is 4.99 Å². The fraction of sp³-hybridized carbons (Fsp3) is 0.684. The lowest BCUT2D eigenvalue weighted by molar-refractivity contribution is -0.688. The molecule has 1 aromatic heterocycles. The van der Waals surface area contributed by atoms with Crippen LogP contribution in [0.2, 0.25) is 0 Å². The number of carbonyl (C=O) groups excluding carboxylic acids is 2. The molecule has 4 heterocycles. The van der Waals surface area contributed by atoms with E-state index < -0.39 is 6.04 Å². The lowest BCUT2D eigenvalue weighted by atomic mass is 10.1. The first kappa shape index (κ1) is 19.1. The zero-order valence-corrected chi connectivity index (χ0v) is 17.5. The number of hydrogen-bond donors (Lipinski definition) is 0. The van der Waals surface area contributed by atoms with Crippen LogP contribution in [0.25, 0.3) is 0 Å². The first-order valence-corrected chi connectivity index (χ1v) is 9.83. The molecule has 2 fully saturated rings.